The average Bonchev–Trinajstić information content (AvgIpc) is 2.85. The van der Waals surface area contributed by atoms with Gasteiger partial charge in [-0.25, -0.2) is 4.98 Å². The molecule has 2 heterocycles. The van der Waals surface area contributed by atoms with Crippen LogP contribution in [0.5, 0.6) is 0 Å². The summed E-state index contributed by atoms with van der Waals surface area (Å²) in [5.74, 6) is 1.58. The highest BCUT2D eigenvalue weighted by Crippen LogP contribution is 2.34. The molecule has 0 aromatic carbocycles. The van der Waals surface area contributed by atoms with Crippen molar-refractivity contribution in [1.29, 1.82) is 0 Å². The Morgan fingerprint density at radius 3 is 2.65 bits per heavy atom. The summed E-state index contributed by atoms with van der Waals surface area (Å²) < 4.78 is 2.05. The molecular formula is C12H16Cl2N2S. The summed E-state index contributed by atoms with van der Waals surface area (Å²) in [4.78, 5) is 5.63. The second-order valence-corrected chi connectivity index (χ2v) is 6.19. The molecule has 0 aliphatic carbocycles. The number of thiazole rings is 1. The fourth-order valence-corrected chi connectivity index (χ4v) is 3.68. The molecule has 0 aliphatic rings. The van der Waals surface area contributed by atoms with Crippen LogP contribution < -0.4 is 0 Å². The zero-order chi connectivity index (χ0) is 12.5. The van der Waals surface area contributed by atoms with Gasteiger partial charge in [0.2, 0.25) is 0 Å². The predicted octanol–water partition coefficient (Wildman–Crippen LogP) is 4.06. The molecule has 0 aliphatic heterocycles. The minimum Gasteiger partial charge on any atom is -0.297 e. The molecule has 0 saturated carbocycles. The van der Waals surface area contributed by atoms with E-state index >= 15 is 0 Å². The van der Waals surface area contributed by atoms with Crippen LogP contribution in [0.25, 0.3) is 4.96 Å². The lowest BCUT2D eigenvalue weighted by atomic mass is 9.77. The fraction of sp³-hybridized carbons (Fsp3) is 0.583. The SMILES string of the molecule is CC(C)C(CCl)(CCl)Cc1cn2ccsc2n1. The first-order chi connectivity index (χ1) is 8.11. The lowest BCUT2D eigenvalue weighted by Crippen LogP contribution is -2.34. The third-order valence-electron chi connectivity index (χ3n) is 3.43. The molecular weight excluding hydrogens is 275 g/mol. The van der Waals surface area contributed by atoms with Crippen LogP contribution >= 0.6 is 34.5 Å². The molecule has 0 radical (unpaired) electrons. The van der Waals surface area contributed by atoms with Gasteiger partial charge in [-0.05, 0) is 12.3 Å². The van der Waals surface area contributed by atoms with Crippen LogP contribution in [0.3, 0.4) is 0 Å². The van der Waals surface area contributed by atoms with Gasteiger partial charge in [0.1, 0.15) is 0 Å². The number of imidazole rings is 1. The second kappa shape index (κ2) is 5.17. The highest BCUT2D eigenvalue weighted by Gasteiger charge is 2.33. The molecule has 5 heteroatoms. The van der Waals surface area contributed by atoms with Crippen molar-refractivity contribution in [2.24, 2.45) is 11.3 Å². The van der Waals surface area contributed by atoms with Gasteiger partial charge in [0.25, 0.3) is 0 Å². The maximum absolute atomic E-state index is 6.13. The van der Waals surface area contributed by atoms with E-state index in [1.165, 1.54) is 0 Å². The van der Waals surface area contributed by atoms with E-state index < -0.39 is 0 Å². The lowest BCUT2D eigenvalue weighted by Gasteiger charge is -2.33. The molecule has 0 saturated heterocycles. The van der Waals surface area contributed by atoms with Crippen LogP contribution in [0, 0.1) is 11.3 Å². The lowest BCUT2D eigenvalue weighted by molar-refractivity contribution is 0.257. The molecule has 17 heavy (non-hydrogen) atoms. The van der Waals surface area contributed by atoms with E-state index in [0.717, 1.165) is 17.1 Å². The van der Waals surface area contributed by atoms with Crippen LogP contribution in [0.2, 0.25) is 0 Å². The van der Waals surface area contributed by atoms with Crippen LogP contribution in [-0.2, 0) is 6.42 Å². The fourth-order valence-electron chi connectivity index (χ4n) is 1.86. The number of rotatable bonds is 5. The van der Waals surface area contributed by atoms with Crippen molar-refractivity contribution in [2.75, 3.05) is 11.8 Å². The average molecular weight is 291 g/mol. The number of aromatic nitrogens is 2. The highest BCUT2D eigenvalue weighted by atomic mass is 35.5. The van der Waals surface area contributed by atoms with Gasteiger partial charge in [-0.3, -0.25) is 4.40 Å². The van der Waals surface area contributed by atoms with Gasteiger partial charge in [-0.2, -0.15) is 0 Å². The molecule has 0 atom stereocenters. The molecule has 2 aromatic heterocycles. The maximum atomic E-state index is 6.13. The van der Waals surface area contributed by atoms with E-state index in [1.54, 1.807) is 11.3 Å². The van der Waals surface area contributed by atoms with Crippen molar-refractivity contribution in [1.82, 2.24) is 9.38 Å². The Labute approximate surface area is 116 Å². The molecule has 0 N–H and O–H groups in total. The van der Waals surface area contributed by atoms with Crippen LogP contribution in [0.4, 0.5) is 0 Å². The summed E-state index contributed by atoms with van der Waals surface area (Å²) in [6.45, 7) is 4.34. The number of hydrogen-bond donors (Lipinski definition) is 0. The minimum absolute atomic E-state index is 0.0624. The second-order valence-electron chi connectivity index (χ2n) is 4.79. The Hall–Kier alpha value is -0.250. The molecule has 2 aromatic rings. The topological polar surface area (TPSA) is 17.3 Å². The largest absolute Gasteiger partial charge is 0.297 e. The van der Waals surface area contributed by atoms with E-state index in [0.29, 0.717) is 17.7 Å². The van der Waals surface area contributed by atoms with Crippen molar-refractivity contribution >= 4 is 39.5 Å². The smallest absolute Gasteiger partial charge is 0.193 e. The number of alkyl halides is 2. The molecule has 0 bridgehead atoms. The molecule has 0 unspecified atom stereocenters. The Kier molecular flexibility index (Phi) is 4.01. The summed E-state index contributed by atoms with van der Waals surface area (Å²) in [7, 11) is 0. The Morgan fingerprint density at radius 2 is 2.12 bits per heavy atom. The van der Waals surface area contributed by atoms with E-state index in [4.69, 9.17) is 23.2 Å². The van der Waals surface area contributed by atoms with Gasteiger partial charge in [-0.1, -0.05) is 13.8 Å². The van der Waals surface area contributed by atoms with Gasteiger partial charge < -0.3 is 0 Å². The van der Waals surface area contributed by atoms with E-state index in [2.05, 4.69) is 25.0 Å². The highest BCUT2D eigenvalue weighted by molar-refractivity contribution is 7.15. The van der Waals surface area contributed by atoms with Gasteiger partial charge in [-0.15, -0.1) is 34.5 Å². The van der Waals surface area contributed by atoms with Gasteiger partial charge in [0, 0.05) is 34.9 Å². The molecule has 0 spiro atoms. The van der Waals surface area contributed by atoms with Crippen molar-refractivity contribution in [3.8, 4) is 0 Å². The normalized spacial score (nSPS) is 12.8. The van der Waals surface area contributed by atoms with Crippen LogP contribution in [0.15, 0.2) is 17.8 Å². The molecule has 0 fully saturated rings. The maximum Gasteiger partial charge on any atom is 0.193 e. The number of fused-ring (bicyclic) bond motifs is 1. The minimum atomic E-state index is -0.0624. The van der Waals surface area contributed by atoms with E-state index in [1.807, 2.05) is 16.0 Å². The number of nitrogens with zero attached hydrogens (tertiary/aromatic N) is 2. The summed E-state index contributed by atoms with van der Waals surface area (Å²) in [5.41, 5.74) is 1.01. The molecule has 2 nitrogen and oxygen atoms in total. The Balaban J connectivity index is 2.26. The third-order valence-corrected chi connectivity index (χ3v) is 5.27. The van der Waals surface area contributed by atoms with E-state index in [-0.39, 0.29) is 5.41 Å². The number of halogens is 2. The standard InChI is InChI=1S/C12H16Cl2N2S/c1-9(2)12(7-13,8-14)5-10-6-16-3-4-17-11(16)15-10/h3-4,6,9H,5,7-8H2,1-2H3. The predicted molar refractivity (Wildman–Crippen MR) is 75.5 cm³/mol. The first-order valence-electron chi connectivity index (χ1n) is 5.64. The first-order valence-corrected chi connectivity index (χ1v) is 7.59. The summed E-state index contributed by atoms with van der Waals surface area (Å²) >= 11 is 13.9. The van der Waals surface area contributed by atoms with Crippen molar-refractivity contribution in [3.05, 3.63) is 23.5 Å². The molecule has 94 valence electrons. The number of hydrogen-bond acceptors (Lipinski definition) is 2. The first kappa shape index (κ1) is 13.2. The zero-order valence-corrected chi connectivity index (χ0v) is 12.3. The van der Waals surface area contributed by atoms with Crippen LogP contribution in [0.1, 0.15) is 19.5 Å². The summed E-state index contributed by atoms with van der Waals surface area (Å²) in [6, 6.07) is 0. The quantitative estimate of drug-likeness (QED) is 0.759. The molecule has 2 rings (SSSR count). The molecule has 0 amide bonds. The zero-order valence-electron chi connectivity index (χ0n) is 9.99. The summed E-state index contributed by atoms with van der Waals surface area (Å²) in [5, 5.41) is 2.03. The Bertz CT molecular complexity index is 457. The van der Waals surface area contributed by atoms with Crippen molar-refractivity contribution in [2.45, 2.75) is 20.3 Å². The van der Waals surface area contributed by atoms with Crippen molar-refractivity contribution < 1.29 is 0 Å². The van der Waals surface area contributed by atoms with Gasteiger partial charge >= 0.3 is 0 Å². The van der Waals surface area contributed by atoms with E-state index in [9.17, 15) is 0 Å². The van der Waals surface area contributed by atoms with Gasteiger partial charge in [0.15, 0.2) is 4.96 Å². The van der Waals surface area contributed by atoms with Crippen LogP contribution in [-0.4, -0.2) is 21.1 Å². The van der Waals surface area contributed by atoms with Gasteiger partial charge in [0.05, 0.1) is 5.69 Å². The monoisotopic (exact) mass is 290 g/mol. The summed E-state index contributed by atoms with van der Waals surface area (Å²) in [6.07, 6.45) is 4.93. The third kappa shape index (κ3) is 2.47. The van der Waals surface area contributed by atoms with Crippen molar-refractivity contribution in [3.63, 3.8) is 0 Å². The Morgan fingerprint density at radius 1 is 1.41 bits per heavy atom.